The summed E-state index contributed by atoms with van der Waals surface area (Å²) in [7, 11) is 0. The van der Waals surface area contributed by atoms with Gasteiger partial charge in [0, 0.05) is 12.1 Å². The molecule has 1 aliphatic rings. The van der Waals surface area contributed by atoms with Crippen molar-refractivity contribution >= 4 is 0 Å². The molecule has 0 radical (unpaired) electrons. The third-order valence-corrected chi connectivity index (χ3v) is 3.65. The van der Waals surface area contributed by atoms with Gasteiger partial charge in [-0.3, -0.25) is 0 Å². The zero-order chi connectivity index (χ0) is 13.7. The van der Waals surface area contributed by atoms with E-state index in [2.05, 4.69) is 56.4 Å². The number of hydrogen-bond donors (Lipinski definition) is 1. The van der Waals surface area contributed by atoms with E-state index in [-0.39, 0.29) is 11.6 Å². The predicted octanol–water partition coefficient (Wildman–Crippen LogP) is 4.08. The van der Waals surface area contributed by atoms with Gasteiger partial charge >= 0.3 is 0 Å². The minimum absolute atomic E-state index is 0.131. The lowest BCUT2D eigenvalue weighted by atomic mass is 10.1. The van der Waals surface area contributed by atoms with E-state index in [9.17, 15) is 0 Å². The Labute approximate surface area is 117 Å². The van der Waals surface area contributed by atoms with Crippen molar-refractivity contribution in [2.75, 3.05) is 6.54 Å². The SMILES string of the molecule is CC(C)(C)NCC(OC1CCCC1)c1ccccc1. The highest BCUT2D eigenvalue weighted by molar-refractivity contribution is 5.18. The molecule has 1 atom stereocenters. The number of rotatable bonds is 5. The molecule has 2 nitrogen and oxygen atoms in total. The Balaban J connectivity index is 2.00. The molecule has 19 heavy (non-hydrogen) atoms. The molecule has 1 aromatic carbocycles. The van der Waals surface area contributed by atoms with Crippen molar-refractivity contribution in [3.8, 4) is 0 Å². The summed E-state index contributed by atoms with van der Waals surface area (Å²) in [5.41, 5.74) is 1.41. The highest BCUT2D eigenvalue weighted by Gasteiger charge is 2.22. The number of nitrogens with one attached hydrogen (secondary N) is 1. The first kappa shape index (κ1) is 14.5. The van der Waals surface area contributed by atoms with E-state index < -0.39 is 0 Å². The zero-order valence-corrected chi connectivity index (χ0v) is 12.5. The lowest BCUT2D eigenvalue weighted by Gasteiger charge is -2.27. The highest BCUT2D eigenvalue weighted by Crippen LogP contribution is 2.27. The summed E-state index contributed by atoms with van der Waals surface area (Å²) in [6.45, 7) is 7.48. The minimum atomic E-state index is 0.131. The topological polar surface area (TPSA) is 21.3 Å². The smallest absolute Gasteiger partial charge is 0.0953 e. The van der Waals surface area contributed by atoms with E-state index in [1.165, 1.54) is 31.2 Å². The third-order valence-electron chi connectivity index (χ3n) is 3.65. The summed E-state index contributed by atoms with van der Waals surface area (Å²) in [4.78, 5) is 0. The second-order valence-electron chi connectivity index (χ2n) is 6.57. The third kappa shape index (κ3) is 4.96. The molecule has 0 heterocycles. The van der Waals surface area contributed by atoms with Gasteiger partial charge in [0.25, 0.3) is 0 Å². The van der Waals surface area contributed by atoms with E-state index in [0.717, 1.165) is 6.54 Å². The maximum Gasteiger partial charge on any atom is 0.0953 e. The Bertz CT molecular complexity index is 363. The summed E-state index contributed by atoms with van der Waals surface area (Å²) in [5, 5.41) is 3.57. The van der Waals surface area contributed by atoms with Crippen molar-refractivity contribution in [1.82, 2.24) is 5.32 Å². The summed E-state index contributed by atoms with van der Waals surface area (Å²) in [5.74, 6) is 0. The molecule has 2 heteroatoms. The monoisotopic (exact) mass is 261 g/mol. The quantitative estimate of drug-likeness (QED) is 0.862. The van der Waals surface area contributed by atoms with Crippen LogP contribution in [0.1, 0.15) is 58.1 Å². The molecule has 0 saturated heterocycles. The van der Waals surface area contributed by atoms with Gasteiger partial charge in [-0.25, -0.2) is 0 Å². The van der Waals surface area contributed by atoms with Crippen molar-refractivity contribution < 1.29 is 4.74 Å². The second kappa shape index (κ2) is 6.53. The van der Waals surface area contributed by atoms with E-state index in [1.807, 2.05) is 0 Å². The molecule has 2 rings (SSSR count). The Morgan fingerprint density at radius 3 is 2.37 bits per heavy atom. The van der Waals surface area contributed by atoms with Crippen LogP contribution in [0.25, 0.3) is 0 Å². The van der Waals surface area contributed by atoms with Crippen LogP contribution in [0, 0.1) is 0 Å². The predicted molar refractivity (Wildman–Crippen MR) is 80.3 cm³/mol. The van der Waals surface area contributed by atoms with Gasteiger partial charge in [-0.05, 0) is 39.2 Å². The van der Waals surface area contributed by atoms with Crippen molar-refractivity contribution in [3.63, 3.8) is 0 Å². The molecule has 0 amide bonds. The van der Waals surface area contributed by atoms with Crippen molar-refractivity contribution in [2.24, 2.45) is 0 Å². The van der Waals surface area contributed by atoms with Crippen LogP contribution in [-0.2, 0) is 4.74 Å². The van der Waals surface area contributed by atoms with Gasteiger partial charge in [0.15, 0.2) is 0 Å². The fourth-order valence-electron chi connectivity index (χ4n) is 2.57. The number of hydrogen-bond acceptors (Lipinski definition) is 2. The largest absolute Gasteiger partial charge is 0.369 e. The molecule has 1 N–H and O–H groups in total. The lowest BCUT2D eigenvalue weighted by molar-refractivity contribution is -0.0114. The molecule has 0 bridgehead atoms. The first-order valence-corrected chi connectivity index (χ1v) is 7.50. The van der Waals surface area contributed by atoms with Gasteiger partial charge in [-0.2, -0.15) is 0 Å². The van der Waals surface area contributed by atoms with E-state index in [4.69, 9.17) is 4.74 Å². The van der Waals surface area contributed by atoms with E-state index in [1.54, 1.807) is 0 Å². The van der Waals surface area contributed by atoms with Gasteiger partial charge in [-0.1, -0.05) is 43.2 Å². The first-order valence-electron chi connectivity index (χ1n) is 7.50. The molecular weight excluding hydrogens is 234 g/mol. The summed E-state index contributed by atoms with van der Waals surface area (Å²) in [6, 6.07) is 10.6. The van der Waals surface area contributed by atoms with Gasteiger partial charge in [0.1, 0.15) is 0 Å². The normalized spacial score (nSPS) is 18.7. The van der Waals surface area contributed by atoms with Crippen LogP contribution in [0.4, 0.5) is 0 Å². The Morgan fingerprint density at radius 2 is 1.79 bits per heavy atom. The number of benzene rings is 1. The summed E-state index contributed by atoms with van der Waals surface area (Å²) >= 11 is 0. The molecule has 1 aliphatic carbocycles. The molecule has 1 unspecified atom stereocenters. The van der Waals surface area contributed by atoms with Crippen LogP contribution in [0.2, 0.25) is 0 Å². The van der Waals surface area contributed by atoms with E-state index in [0.29, 0.717) is 6.10 Å². The van der Waals surface area contributed by atoms with Crippen LogP contribution in [-0.4, -0.2) is 18.2 Å². The Morgan fingerprint density at radius 1 is 1.16 bits per heavy atom. The zero-order valence-electron chi connectivity index (χ0n) is 12.5. The molecule has 1 saturated carbocycles. The molecule has 0 aliphatic heterocycles. The van der Waals surface area contributed by atoms with Gasteiger partial charge in [0.2, 0.25) is 0 Å². The van der Waals surface area contributed by atoms with Gasteiger partial charge in [0.05, 0.1) is 12.2 Å². The first-order chi connectivity index (χ1) is 9.04. The summed E-state index contributed by atoms with van der Waals surface area (Å²) in [6.07, 6.45) is 5.70. The highest BCUT2D eigenvalue weighted by atomic mass is 16.5. The second-order valence-corrected chi connectivity index (χ2v) is 6.57. The standard InChI is InChI=1S/C17H27NO/c1-17(2,3)18-13-16(14-9-5-4-6-10-14)19-15-11-7-8-12-15/h4-6,9-10,15-16,18H,7-8,11-13H2,1-3H3. The van der Waals surface area contributed by atoms with Crippen molar-refractivity contribution in [2.45, 2.75) is 64.2 Å². The fourth-order valence-corrected chi connectivity index (χ4v) is 2.57. The van der Waals surface area contributed by atoms with Crippen molar-refractivity contribution in [1.29, 1.82) is 0 Å². The molecule has 0 spiro atoms. The summed E-state index contributed by atoms with van der Waals surface area (Å²) < 4.78 is 6.33. The Hall–Kier alpha value is -0.860. The average molecular weight is 261 g/mol. The van der Waals surface area contributed by atoms with Crippen LogP contribution in [0.3, 0.4) is 0 Å². The average Bonchev–Trinajstić information content (AvgIpc) is 2.87. The van der Waals surface area contributed by atoms with Gasteiger partial charge < -0.3 is 10.1 Å². The maximum atomic E-state index is 6.33. The maximum absolute atomic E-state index is 6.33. The fraction of sp³-hybridized carbons (Fsp3) is 0.647. The van der Waals surface area contributed by atoms with E-state index >= 15 is 0 Å². The minimum Gasteiger partial charge on any atom is -0.369 e. The van der Waals surface area contributed by atoms with Crippen LogP contribution in [0.15, 0.2) is 30.3 Å². The van der Waals surface area contributed by atoms with Crippen LogP contribution >= 0.6 is 0 Å². The molecule has 1 fully saturated rings. The van der Waals surface area contributed by atoms with Gasteiger partial charge in [-0.15, -0.1) is 0 Å². The molecule has 0 aromatic heterocycles. The lowest BCUT2D eigenvalue weighted by Crippen LogP contribution is -2.39. The molecule has 1 aromatic rings. The Kier molecular flexibility index (Phi) is 5.00. The molecule has 106 valence electrons. The van der Waals surface area contributed by atoms with Crippen LogP contribution < -0.4 is 5.32 Å². The molecular formula is C17H27NO. The van der Waals surface area contributed by atoms with Crippen molar-refractivity contribution in [3.05, 3.63) is 35.9 Å². The van der Waals surface area contributed by atoms with Crippen LogP contribution in [0.5, 0.6) is 0 Å². The number of ether oxygens (including phenoxy) is 1.